The molecular weight excluding hydrogens is 280 g/mol. The summed E-state index contributed by atoms with van der Waals surface area (Å²) < 4.78 is 5.84. The van der Waals surface area contributed by atoms with Crippen LogP contribution >= 0.6 is 11.3 Å². The van der Waals surface area contributed by atoms with Gasteiger partial charge in [-0.15, -0.1) is 11.3 Å². The van der Waals surface area contributed by atoms with Crippen LogP contribution in [0, 0.1) is 25.2 Å². The molecule has 2 rings (SSSR count). The van der Waals surface area contributed by atoms with Crippen LogP contribution in [0.2, 0.25) is 0 Å². The molecule has 0 aliphatic heterocycles. The summed E-state index contributed by atoms with van der Waals surface area (Å²) in [6.07, 6.45) is 2.41. The second-order valence-electron chi connectivity index (χ2n) is 5.17. The predicted molar refractivity (Wildman–Crippen MR) is 85.7 cm³/mol. The third kappa shape index (κ3) is 4.30. The number of hydrogen-bond acceptors (Lipinski definition) is 4. The molecular formula is C17H20N2OS. The molecule has 110 valence electrons. The standard InChI is InChI=1S/C17H20N2OS/c1-4-5-15-16(6-7-18)21-17(19-15)11-20-14-9-12(2)8-13(3)10-14/h8-10H,4-6,11H2,1-3H3. The van der Waals surface area contributed by atoms with E-state index < -0.39 is 0 Å². The van der Waals surface area contributed by atoms with Crippen molar-refractivity contribution in [1.29, 1.82) is 5.26 Å². The zero-order chi connectivity index (χ0) is 15.2. The molecule has 0 unspecified atom stereocenters. The first-order valence-corrected chi connectivity index (χ1v) is 7.99. The minimum Gasteiger partial charge on any atom is -0.486 e. The van der Waals surface area contributed by atoms with Crippen LogP contribution in [0.4, 0.5) is 0 Å². The van der Waals surface area contributed by atoms with Gasteiger partial charge in [0.05, 0.1) is 18.2 Å². The Morgan fingerprint density at radius 2 is 1.95 bits per heavy atom. The fourth-order valence-corrected chi connectivity index (χ4v) is 3.26. The molecule has 1 aromatic heterocycles. The van der Waals surface area contributed by atoms with E-state index in [0.29, 0.717) is 13.0 Å². The number of hydrogen-bond donors (Lipinski definition) is 0. The van der Waals surface area contributed by atoms with E-state index in [4.69, 9.17) is 10.00 Å². The van der Waals surface area contributed by atoms with E-state index >= 15 is 0 Å². The van der Waals surface area contributed by atoms with Crippen molar-refractivity contribution in [3.8, 4) is 11.8 Å². The third-order valence-corrected chi connectivity index (χ3v) is 4.18. The van der Waals surface area contributed by atoms with Crippen molar-refractivity contribution in [2.24, 2.45) is 0 Å². The first kappa shape index (κ1) is 15.5. The summed E-state index contributed by atoms with van der Waals surface area (Å²) in [7, 11) is 0. The van der Waals surface area contributed by atoms with Gasteiger partial charge in [-0.1, -0.05) is 19.4 Å². The van der Waals surface area contributed by atoms with Crippen LogP contribution in [-0.4, -0.2) is 4.98 Å². The lowest BCUT2D eigenvalue weighted by Gasteiger charge is -2.06. The number of nitrogens with zero attached hydrogens (tertiary/aromatic N) is 2. The van der Waals surface area contributed by atoms with Crippen LogP contribution in [0.1, 0.15) is 40.1 Å². The molecule has 1 heterocycles. The molecule has 0 spiro atoms. The van der Waals surface area contributed by atoms with Gasteiger partial charge in [0.15, 0.2) is 0 Å². The van der Waals surface area contributed by atoms with Crippen LogP contribution in [0.15, 0.2) is 18.2 Å². The maximum absolute atomic E-state index is 8.89. The highest BCUT2D eigenvalue weighted by Crippen LogP contribution is 2.23. The second-order valence-corrected chi connectivity index (χ2v) is 6.34. The summed E-state index contributed by atoms with van der Waals surface area (Å²) in [4.78, 5) is 5.70. The van der Waals surface area contributed by atoms with Crippen molar-refractivity contribution < 1.29 is 4.74 Å². The molecule has 1 aromatic carbocycles. The monoisotopic (exact) mass is 300 g/mol. The van der Waals surface area contributed by atoms with Crippen LogP contribution < -0.4 is 4.74 Å². The van der Waals surface area contributed by atoms with Crippen LogP contribution in [-0.2, 0) is 19.4 Å². The molecule has 0 radical (unpaired) electrons. The average molecular weight is 300 g/mol. The van der Waals surface area contributed by atoms with Gasteiger partial charge in [-0.2, -0.15) is 5.26 Å². The summed E-state index contributed by atoms with van der Waals surface area (Å²) in [5.74, 6) is 0.876. The Bertz CT molecular complexity index is 635. The van der Waals surface area contributed by atoms with Gasteiger partial charge in [0.2, 0.25) is 0 Å². The van der Waals surface area contributed by atoms with Crippen molar-refractivity contribution in [3.63, 3.8) is 0 Å². The first-order valence-electron chi connectivity index (χ1n) is 7.18. The Labute approximate surface area is 130 Å². The lowest BCUT2D eigenvalue weighted by molar-refractivity contribution is 0.305. The lowest BCUT2D eigenvalue weighted by Crippen LogP contribution is -1.96. The predicted octanol–water partition coefficient (Wildman–Crippen LogP) is 4.36. The van der Waals surface area contributed by atoms with Crippen molar-refractivity contribution >= 4 is 11.3 Å². The molecule has 4 heteroatoms. The zero-order valence-electron chi connectivity index (χ0n) is 12.8. The molecule has 0 saturated carbocycles. The quantitative estimate of drug-likeness (QED) is 0.796. The average Bonchev–Trinajstić information content (AvgIpc) is 2.79. The Balaban J connectivity index is 2.09. The number of benzene rings is 1. The SMILES string of the molecule is CCCc1nc(COc2cc(C)cc(C)c2)sc1CC#N. The Hall–Kier alpha value is -1.86. The molecule has 0 N–H and O–H groups in total. The number of aryl methyl sites for hydroxylation is 3. The second kappa shape index (κ2) is 7.24. The number of ether oxygens (including phenoxy) is 1. The maximum atomic E-state index is 8.89. The van der Waals surface area contributed by atoms with E-state index in [9.17, 15) is 0 Å². The smallest absolute Gasteiger partial charge is 0.140 e. The van der Waals surface area contributed by atoms with E-state index in [1.54, 1.807) is 11.3 Å². The van der Waals surface area contributed by atoms with E-state index in [2.05, 4.69) is 37.9 Å². The molecule has 0 fully saturated rings. The minimum absolute atomic E-state index is 0.441. The molecule has 0 aliphatic carbocycles. The Morgan fingerprint density at radius 3 is 2.57 bits per heavy atom. The summed E-state index contributed by atoms with van der Waals surface area (Å²) >= 11 is 1.59. The number of rotatable bonds is 6. The highest BCUT2D eigenvalue weighted by atomic mass is 32.1. The van der Waals surface area contributed by atoms with E-state index in [0.717, 1.165) is 34.2 Å². The van der Waals surface area contributed by atoms with Gasteiger partial charge in [-0.05, 0) is 43.5 Å². The minimum atomic E-state index is 0.441. The highest BCUT2D eigenvalue weighted by Gasteiger charge is 2.11. The van der Waals surface area contributed by atoms with Crippen molar-refractivity contribution in [1.82, 2.24) is 4.98 Å². The lowest BCUT2D eigenvalue weighted by atomic mass is 10.1. The zero-order valence-corrected chi connectivity index (χ0v) is 13.6. The van der Waals surface area contributed by atoms with Gasteiger partial charge in [0.25, 0.3) is 0 Å². The molecule has 0 saturated heterocycles. The molecule has 2 aromatic rings. The van der Waals surface area contributed by atoms with Gasteiger partial charge in [0.1, 0.15) is 17.4 Å². The molecule has 3 nitrogen and oxygen atoms in total. The summed E-state index contributed by atoms with van der Waals surface area (Å²) in [6, 6.07) is 8.40. The molecule has 0 bridgehead atoms. The summed E-state index contributed by atoms with van der Waals surface area (Å²) in [5.41, 5.74) is 3.45. The summed E-state index contributed by atoms with van der Waals surface area (Å²) in [6.45, 7) is 6.72. The topological polar surface area (TPSA) is 45.9 Å². The fraction of sp³-hybridized carbons (Fsp3) is 0.412. The van der Waals surface area contributed by atoms with E-state index in [-0.39, 0.29) is 0 Å². The van der Waals surface area contributed by atoms with Crippen molar-refractivity contribution in [3.05, 3.63) is 44.9 Å². The van der Waals surface area contributed by atoms with Crippen molar-refractivity contribution in [2.45, 2.75) is 46.6 Å². The number of aromatic nitrogens is 1. The van der Waals surface area contributed by atoms with Crippen LogP contribution in [0.5, 0.6) is 5.75 Å². The van der Waals surface area contributed by atoms with Crippen LogP contribution in [0.25, 0.3) is 0 Å². The third-order valence-electron chi connectivity index (χ3n) is 3.11. The van der Waals surface area contributed by atoms with Gasteiger partial charge in [0, 0.05) is 4.88 Å². The van der Waals surface area contributed by atoms with Gasteiger partial charge in [-0.25, -0.2) is 4.98 Å². The maximum Gasteiger partial charge on any atom is 0.140 e. The summed E-state index contributed by atoms with van der Waals surface area (Å²) in [5, 5.41) is 9.84. The normalized spacial score (nSPS) is 10.4. The Kier molecular flexibility index (Phi) is 5.35. The number of thiazole rings is 1. The van der Waals surface area contributed by atoms with Gasteiger partial charge < -0.3 is 4.74 Å². The molecule has 0 amide bonds. The molecule has 0 aliphatic rings. The van der Waals surface area contributed by atoms with Gasteiger partial charge >= 0.3 is 0 Å². The first-order chi connectivity index (χ1) is 10.1. The highest BCUT2D eigenvalue weighted by molar-refractivity contribution is 7.11. The fourth-order valence-electron chi connectivity index (χ4n) is 2.30. The van der Waals surface area contributed by atoms with E-state index in [1.807, 2.05) is 12.1 Å². The largest absolute Gasteiger partial charge is 0.486 e. The number of nitriles is 1. The van der Waals surface area contributed by atoms with E-state index in [1.165, 1.54) is 11.1 Å². The molecule has 21 heavy (non-hydrogen) atoms. The van der Waals surface area contributed by atoms with Gasteiger partial charge in [-0.3, -0.25) is 0 Å². The molecule has 0 atom stereocenters. The van der Waals surface area contributed by atoms with Crippen LogP contribution in [0.3, 0.4) is 0 Å². The van der Waals surface area contributed by atoms with Crippen molar-refractivity contribution in [2.75, 3.05) is 0 Å². The Morgan fingerprint density at radius 1 is 1.24 bits per heavy atom.